The zero-order valence-corrected chi connectivity index (χ0v) is 2.32. The average Bonchev–Trinajstić information content (AvgIpc) is 1.66. The summed E-state index contributed by atoms with van der Waals surface area (Å²) in [5, 5.41) is 0. The van der Waals surface area contributed by atoms with Gasteiger partial charge < -0.3 is 9.47 Å². The molecule has 0 aromatic carbocycles. The molecule has 1 aliphatic rings. The third-order valence-corrected chi connectivity index (χ3v) is 0.227. The molecule has 0 atom stereocenters. The van der Waals surface area contributed by atoms with Crippen molar-refractivity contribution >= 4 is 0 Å². The van der Waals surface area contributed by atoms with Gasteiger partial charge in [0.1, 0.15) is 6.75 Å². The van der Waals surface area contributed by atoms with Gasteiger partial charge in [-0.1, -0.05) is 0 Å². The van der Waals surface area contributed by atoms with E-state index < -0.39 is 19.9 Å². The van der Waals surface area contributed by atoms with Crippen LogP contribution in [0.25, 0.3) is 0 Å². The van der Waals surface area contributed by atoms with Crippen molar-refractivity contribution in [2.45, 2.75) is 0 Å². The summed E-state index contributed by atoms with van der Waals surface area (Å²) in [6.07, 6.45) is 0. The SMILES string of the molecule is [2H]C1([2H])OC([2H])([2H])C([2H])([2H])O1. The maximum absolute atomic E-state index is 6.85. The minimum Gasteiger partial charge on any atom is -0.353 e. The highest BCUT2D eigenvalue weighted by molar-refractivity contribution is 4.28. The van der Waals surface area contributed by atoms with Gasteiger partial charge in [-0.25, -0.2) is 0 Å². The van der Waals surface area contributed by atoms with Crippen molar-refractivity contribution in [2.75, 3.05) is 19.9 Å². The fraction of sp³-hybridized carbons (Fsp3) is 1.00. The summed E-state index contributed by atoms with van der Waals surface area (Å²) in [5.41, 5.74) is 0. The normalized spacial score (nSPS) is 72.0. The molecule has 0 aromatic heterocycles. The Labute approximate surface area is 39.1 Å². The van der Waals surface area contributed by atoms with Crippen molar-refractivity contribution < 1.29 is 17.7 Å². The molecule has 1 heterocycles. The first-order valence-electron chi connectivity index (χ1n) is 4.07. The first-order valence-corrected chi connectivity index (χ1v) is 1.07. The molecule has 0 saturated carbocycles. The van der Waals surface area contributed by atoms with E-state index >= 15 is 0 Å². The standard InChI is InChI=1S/C3H6O2/c1-2-5-3-4-1/h1-3H2/i1D2,2D2,3D2. The van der Waals surface area contributed by atoms with Gasteiger partial charge >= 0.3 is 0 Å². The van der Waals surface area contributed by atoms with Crippen LogP contribution in [0, 0.1) is 0 Å². The Hall–Kier alpha value is -0.0800. The molecule has 0 radical (unpaired) electrons. The molecule has 1 rings (SSSR count). The van der Waals surface area contributed by atoms with E-state index in [4.69, 9.17) is 8.22 Å². The van der Waals surface area contributed by atoms with Crippen LogP contribution in [0.5, 0.6) is 0 Å². The van der Waals surface area contributed by atoms with Gasteiger partial charge in [0, 0.05) is 0 Å². The Morgan fingerprint density at radius 1 is 1.40 bits per heavy atom. The molecule has 30 valence electrons. The number of hydrogen-bond acceptors (Lipinski definition) is 2. The Morgan fingerprint density at radius 3 is 2.20 bits per heavy atom. The number of hydrogen-bond donors (Lipinski definition) is 0. The Morgan fingerprint density at radius 2 is 2.00 bits per heavy atom. The smallest absolute Gasteiger partial charge is 0.146 e. The minimum atomic E-state index is -2.74. The van der Waals surface area contributed by atoms with Crippen molar-refractivity contribution in [1.29, 1.82) is 0 Å². The van der Waals surface area contributed by atoms with Gasteiger partial charge in [-0.2, -0.15) is 0 Å². The molecule has 0 N–H and O–H groups in total. The Kier molecular flexibility index (Phi) is 0.175. The highest BCUT2D eigenvalue weighted by atomic mass is 16.7. The van der Waals surface area contributed by atoms with E-state index in [1.165, 1.54) is 0 Å². The minimum absolute atomic E-state index is 2.69. The summed E-state index contributed by atoms with van der Waals surface area (Å²) in [5.74, 6) is 0. The van der Waals surface area contributed by atoms with Crippen LogP contribution in [0.4, 0.5) is 0 Å². The summed E-state index contributed by atoms with van der Waals surface area (Å²) in [6.45, 7) is -8.17. The molecule has 0 aromatic rings. The third kappa shape index (κ3) is 0.597. The van der Waals surface area contributed by atoms with Gasteiger partial charge in [0.2, 0.25) is 0 Å². The zero-order valence-electron chi connectivity index (χ0n) is 8.32. The van der Waals surface area contributed by atoms with Crippen molar-refractivity contribution in [1.82, 2.24) is 0 Å². The van der Waals surface area contributed by atoms with Crippen LogP contribution >= 0.6 is 0 Å². The molecular formula is C3H6O2. The van der Waals surface area contributed by atoms with Crippen molar-refractivity contribution in [3.63, 3.8) is 0 Å². The van der Waals surface area contributed by atoms with Crippen LogP contribution < -0.4 is 0 Å². The van der Waals surface area contributed by atoms with E-state index in [0.29, 0.717) is 0 Å². The van der Waals surface area contributed by atoms with E-state index in [2.05, 4.69) is 9.47 Å². The van der Waals surface area contributed by atoms with E-state index in [9.17, 15) is 0 Å². The number of rotatable bonds is 0. The quantitative estimate of drug-likeness (QED) is 0.407. The van der Waals surface area contributed by atoms with Gasteiger partial charge in [0.15, 0.2) is 0 Å². The maximum Gasteiger partial charge on any atom is 0.146 e. The topological polar surface area (TPSA) is 18.5 Å². The fourth-order valence-electron chi connectivity index (χ4n) is 0.104. The van der Waals surface area contributed by atoms with Gasteiger partial charge in [0.25, 0.3) is 0 Å². The molecule has 1 fully saturated rings. The molecule has 2 nitrogen and oxygen atoms in total. The van der Waals surface area contributed by atoms with Crippen molar-refractivity contribution in [3.05, 3.63) is 0 Å². The lowest BCUT2D eigenvalue weighted by Gasteiger charge is -1.76. The van der Waals surface area contributed by atoms with Gasteiger partial charge in [-0.15, -0.1) is 0 Å². The highest BCUT2D eigenvalue weighted by Gasteiger charge is 1.93. The Balaban J connectivity index is 2.89. The van der Waals surface area contributed by atoms with E-state index in [-0.39, 0.29) is 0 Å². The van der Waals surface area contributed by atoms with Crippen LogP contribution in [-0.2, 0) is 9.47 Å². The first kappa shape index (κ1) is 0.634. The second-order valence-electron chi connectivity index (χ2n) is 0.492. The van der Waals surface area contributed by atoms with Gasteiger partial charge in [-0.3, -0.25) is 0 Å². The van der Waals surface area contributed by atoms with E-state index in [0.717, 1.165) is 0 Å². The molecular weight excluding hydrogens is 68.0 g/mol. The second kappa shape index (κ2) is 1.38. The predicted octanol–water partition coefficient (Wildman–Crippen LogP) is -0.00930. The van der Waals surface area contributed by atoms with E-state index in [1.807, 2.05) is 0 Å². The molecule has 5 heavy (non-hydrogen) atoms. The van der Waals surface area contributed by atoms with E-state index in [1.54, 1.807) is 0 Å². The van der Waals surface area contributed by atoms with Crippen LogP contribution in [0.15, 0.2) is 0 Å². The largest absolute Gasteiger partial charge is 0.353 e. The number of ether oxygens (including phenoxy) is 2. The molecule has 0 unspecified atom stereocenters. The predicted molar refractivity (Wildman–Crippen MR) is 16.8 cm³/mol. The lowest BCUT2D eigenvalue weighted by atomic mass is 10.8. The zero-order chi connectivity index (χ0) is 8.91. The summed E-state index contributed by atoms with van der Waals surface area (Å²) in [7, 11) is 0. The maximum atomic E-state index is 6.85. The van der Waals surface area contributed by atoms with Crippen molar-refractivity contribution in [2.24, 2.45) is 0 Å². The van der Waals surface area contributed by atoms with Crippen LogP contribution in [0.1, 0.15) is 8.22 Å². The lowest BCUT2D eigenvalue weighted by molar-refractivity contribution is 0.0692. The highest BCUT2D eigenvalue weighted by Crippen LogP contribution is 1.85. The third-order valence-electron chi connectivity index (χ3n) is 0.227. The van der Waals surface area contributed by atoms with Gasteiger partial charge in [0.05, 0.1) is 21.3 Å². The summed E-state index contributed by atoms with van der Waals surface area (Å²) in [6, 6.07) is 0. The summed E-state index contributed by atoms with van der Waals surface area (Å²) in [4.78, 5) is 0. The molecule has 2 heteroatoms. The summed E-state index contributed by atoms with van der Waals surface area (Å²) >= 11 is 0. The molecule has 1 saturated heterocycles. The average molecular weight is 80.1 g/mol. The fourth-order valence-corrected chi connectivity index (χ4v) is 0.104. The van der Waals surface area contributed by atoms with Crippen LogP contribution in [0.3, 0.4) is 0 Å². The van der Waals surface area contributed by atoms with Crippen LogP contribution in [0.2, 0.25) is 0 Å². The Bertz CT molecular complexity index is 159. The monoisotopic (exact) mass is 80.1 g/mol. The molecule has 1 aliphatic heterocycles. The molecule has 0 bridgehead atoms. The molecule has 0 aliphatic carbocycles. The van der Waals surface area contributed by atoms with Gasteiger partial charge in [-0.05, 0) is 0 Å². The second-order valence-corrected chi connectivity index (χ2v) is 0.492. The molecule has 0 amide bonds. The van der Waals surface area contributed by atoms with Crippen LogP contribution in [-0.4, -0.2) is 19.9 Å². The molecule has 0 spiro atoms. The summed E-state index contributed by atoms with van der Waals surface area (Å²) < 4.78 is 48.9. The first-order chi connectivity index (χ1) is 4.66. The lowest BCUT2D eigenvalue weighted by Crippen LogP contribution is -1.79. The van der Waals surface area contributed by atoms with Crippen molar-refractivity contribution in [3.8, 4) is 0 Å².